The molecule has 0 aliphatic heterocycles. The summed E-state index contributed by atoms with van der Waals surface area (Å²) in [5.74, 6) is -0.136. The zero-order valence-electron chi connectivity index (χ0n) is 12.5. The first kappa shape index (κ1) is 14.7. The number of halogens is 1. The molecule has 3 nitrogen and oxygen atoms in total. The first-order valence-corrected chi connectivity index (χ1v) is 7.57. The highest BCUT2D eigenvalue weighted by atomic mass is 35.5. The third-order valence-electron chi connectivity index (χ3n) is 3.83. The SMILES string of the molecule is Cc1cccc2cc(C(=O)NC(C)c3ccccc3Cl)[nH]c12. The van der Waals surface area contributed by atoms with Gasteiger partial charge in [-0.1, -0.05) is 48.0 Å². The molecule has 1 unspecified atom stereocenters. The van der Waals surface area contributed by atoms with E-state index in [0.29, 0.717) is 10.7 Å². The van der Waals surface area contributed by atoms with Crippen molar-refractivity contribution in [3.8, 4) is 0 Å². The Labute approximate surface area is 134 Å². The summed E-state index contributed by atoms with van der Waals surface area (Å²) in [6.07, 6.45) is 0. The molecule has 1 amide bonds. The number of carbonyl (C=O) groups is 1. The van der Waals surface area contributed by atoms with Crippen LogP contribution in [0.2, 0.25) is 5.02 Å². The predicted octanol–water partition coefficient (Wildman–Crippen LogP) is 4.62. The molecule has 1 heterocycles. The van der Waals surface area contributed by atoms with E-state index in [-0.39, 0.29) is 11.9 Å². The van der Waals surface area contributed by atoms with Crippen molar-refractivity contribution in [2.45, 2.75) is 19.9 Å². The van der Waals surface area contributed by atoms with Crippen LogP contribution in [0.4, 0.5) is 0 Å². The number of hydrogen-bond donors (Lipinski definition) is 2. The lowest BCUT2D eigenvalue weighted by Crippen LogP contribution is -2.27. The van der Waals surface area contributed by atoms with Gasteiger partial charge in [0.15, 0.2) is 0 Å². The molecule has 0 bridgehead atoms. The summed E-state index contributed by atoms with van der Waals surface area (Å²) in [4.78, 5) is 15.6. The minimum absolute atomic E-state index is 0.136. The maximum Gasteiger partial charge on any atom is 0.268 e. The van der Waals surface area contributed by atoms with Crippen LogP contribution < -0.4 is 5.32 Å². The normalized spacial score (nSPS) is 12.3. The Morgan fingerprint density at radius 3 is 2.68 bits per heavy atom. The number of amides is 1. The second-order valence-electron chi connectivity index (χ2n) is 5.44. The lowest BCUT2D eigenvalue weighted by atomic mass is 10.1. The quantitative estimate of drug-likeness (QED) is 0.728. The fraction of sp³-hybridized carbons (Fsp3) is 0.167. The molecule has 2 aromatic carbocycles. The molecular formula is C18H17ClN2O. The number of nitrogens with one attached hydrogen (secondary N) is 2. The Balaban J connectivity index is 1.84. The first-order chi connectivity index (χ1) is 10.6. The Hall–Kier alpha value is -2.26. The van der Waals surface area contributed by atoms with E-state index in [9.17, 15) is 4.79 Å². The fourth-order valence-corrected chi connectivity index (χ4v) is 2.91. The van der Waals surface area contributed by atoms with E-state index >= 15 is 0 Å². The number of carbonyl (C=O) groups excluding carboxylic acids is 1. The van der Waals surface area contributed by atoms with Gasteiger partial charge in [0, 0.05) is 15.9 Å². The molecular weight excluding hydrogens is 296 g/mol. The van der Waals surface area contributed by atoms with Crippen molar-refractivity contribution in [2.24, 2.45) is 0 Å². The minimum atomic E-state index is -0.159. The van der Waals surface area contributed by atoms with E-state index in [1.54, 1.807) is 0 Å². The maximum atomic E-state index is 12.4. The summed E-state index contributed by atoms with van der Waals surface area (Å²) in [5, 5.41) is 4.67. The second kappa shape index (κ2) is 5.85. The molecule has 0 aliphatic carbocycles. The average Bonchev–Trinajstić information content (AvgIpc) is 2.93. The second-order valence-corrected chi connectivity index (χ2v) is 5.85. The number of para-hydroxylation sites is 1. The lowest BCUT2D eigenvalue weighted by molar-refractivity contribution is 0.0935. The highest BCUT2D eigenvalue weighted by Gasteiger charge is 2.15. The zero-order valence-corrected chi connectivity index (χ0v) is 13.2. The number of aryl methyl sites for hydroxylation is 1. The monoisotopic (exact) mass is 312 g/mol. The Kier molecular flexibility index (Phi) is 3.90. The summed E-state index contributed by atoms with van der Waals surface area (Å²) in [6, 6.07) is 15.2. The molecule has 4 heteroatoms. The molecule has 0 saturated carbocycles. The molecule has 0 saturated heterocycles. The van der Waals surface area contributed by atoms with Gasteiger partial charge in [0.1, 0.15) is 5.69 Å². The highest BCUT2D eigenvalue weighted by Crippen LogP contribution is 2.23. The van der Waals surface area contributed by atoms with Crippen LogP contribution in [0.1, 0.15) is 34.6 Å². The molecule has 0 fully saturated rings. The van der Waals surface area contributed by atoms with Gasteiger partial charge in [-0.05, 0) is 37.1 Å². The van der Waals surface area contributed by atoms with Crippen molar-refractivity contribution in [2.75, 3.05) is 0 Å². The summed E-state index contributed by atoms with van der Waals surface area (Å²) in [6.45, 7) is 3.94. The smallest absolute Gasteiger partial charge is 0.268 e. The Morgan fingerprint density at radius 1 is 1.18 bits per heavy atom. The molecule has 22 heavy (non-hydrogen) atoms. The molecule has 0 radical (unpaired) electrons. The summed E-state index contributed by atoms with van der Waals surface area (Å²) < 4.78 is 0. The summed E-state index contributed by atoms with van der Waals surface area (Å²) >= 11 is 6.17. The van der Waals surface area contributed by atoms with Crippen LogP contribution in [0.15, 0.2) is 48.5 Å². The number of aromatic nitrogens is 1. The van der Waals surface area contributed by atoms with Crippen LogP contribution in [0.3, 0.4) is 0 Å². The van der Waals surface area contributed by atoms with Gasteiger partial charge in [0.25, 0.3) is 5.91 Å². The van der Waals surface area contributed by atoms with Gasteiger partial charge in [0.05, 0.1) is 6.04 Å². The van der Waals surface area contributed by atoms with Gasteiger partial charge in [0.2, 0.25) is 0 Å². The van der Waals surface area contributed by atoms with Crippen molar-refractivity contribution in [3.63, 3.8) is 0 Å². The number of hydrogen-bond acceptors (Lipinski definition) is 1. The van der Waals surface area contributed by atoms with Gasteiger partial charge in [-0.3, -0.25) is 4.79 Å². The molecule has 0 aliphatic rings. The van der Waals surface area contributed by atoms with Crippen molar-refractivity contribution >= 4 is 28.4 Å². The van der Waals surface area contributed by atoms with Gasteiger partial charge < -0.3 is 10.3 Å². The fourth-order valence-electron chi connectivity index (χ4n) is 2.61. The zero-order chi connectivity index (χ0) is 15.7. The Morgan fingerprint density at radius 2 is 1.95 bits per heavy atom. The third-order valence-corrected chi connectivity index (χ3v) is 4.17. The lowest BCUT2D eigenvalue weighted by Gasteiger charge is -2.15. The number of rotatable bonds is 3. The number of benzene rings is 2. The van der Waals surface area contributed by atoms with Crippen LogP contribution >= 0.6 is 11.6 Å². The van der Waals surface area contributed by atoms with Crippen LogP contribution in [-0.4, -0.2) is 10.9 Å². The average molecular weight is 313 g/mol. The number of aromatic amines is 1. The maximum absolute atomic E-state index is 12.4. The van der Waals surface area contributed by atoms with E-state index in [4.69, 9.17) is 11.6 Å². The first-order valence-electron chi connectivity index (χ1n) is 7.20. The van der Waals surface area contributed by atoms with E-state index < -0.39 is 0 Å². The number of H-pyrrole nitrogens is 1. The van der Waals surface area contributed by atoms with E-state index in [1.165, 1.54) is 0 Å². The van der Waals surface area contributed by atoms with E-state index in [0.717, 1.165) is 22.0 Å². The van der Waals surface area contributed by atoms with E-state index in [1.807, 2.05) is 62.4 Å². The van der Waals surface area contributed by atoms with Crippen molar-refractivity contribution in [1.29, 1.82) is 0 Å². The van der Waals surface area contributed by atoms with Gasteiger partial charge in [-0.25, -0.2) is 0 Å². The van der Waals surface area contributed by atoms with Gasteiger partial charge >= 0.3 is 0 Å². The Bertz CT molecular complexity index is 838. The van der Waals surface area contributed by atoms with Gasteiger partial charge in [-0.2, -0.15) is 0 Å². The highest BCUT2D eigenvalue weighted by molar-refractivity contribution is 6.31. The molecule has 3 aromatic rings. The van der Waals surface area contributed by atoms with Gasteiger partial charge in [-0.15, -0.1) is 0 Å². The standard InChI is InChI=1S/C18H17ClN2O/c1-11-6-5-7-13-10-16(21-17(11)13)18(22)20-12(2)14-8-3-4-9-15(14)19/h3-10,12,21H,1-2H3,(H,20,22). The van der Waals surface area contributed by atoms with Crippen LogP contribution in [0.25, 0.3) is 10.9 Å². The molecule has 1 atom stereocenters. The largest absolute Gasteiger partial charge is 0.350 e. The van der Waals surface area contributed by atoms with E-state index in [2.05, 4.69) is 10.3 Å². The molecule has 2 N–H and O–H groups in total. The van der Waals surface area contributed by atoms with Crippen molar-refractivity contribution in [1.82, 2.24) is 10.3 Å². The number of fused-ring (bicyclic) bond motifs is 1. The van der Waals surface area contributed by atoms with Crippen LogP contribution in [-0.2, 0) is 0 Å². The topological polar surface area (TPSA) is 44.9 Å². The van der Waals surface area contributed by atoms with Crippen molar-refractivity contribution < 1.29 is 4.79 Å². The third kappa shape index (κ3) is 2.72. The van der Waals surface area contributed by atoms with Crippen LogP contribution in [0, 0.1) is 6.92 Å². The van der Waals surface area contributed by atoms with Crippen LogP contribution in [0.5, 0.6) is 0 Å². The summed E-state index contributed by atoms with van der Waals surface area (Å²) in [5.41, 5.74) is 3.58. The molecule has 112 valence electrons. The summed E-state index contributed by atoms with van der Waals surface area (Å²) in [7, 11) is 0. The minimum Gasteiger partial charge on any atom is -0.350 e. The predicted molar refractivity (Wildman–Crippen MR) is 90.4 cm³/mol. The molecule has 3 rings (SSSR count). The molecule has 1 aromatic heterocycles. The molecule has 0 spiro atoms. The van der Waals surface area contributed by atoms with Crippen molar-refractivity contribution in [3.05, 3.63) is 70.4 Å².